The van der Waals surface area contributed by atoms with Crippen molar-refractivity contribution in [3.05, 3.63) is 70.9 Å². The molecule has 5 rings (SSSR count). The number of aromatic nitrogens is 2. The Labute approximate surface area is 198 Å². The molecule has 9 heteroatoms. The van der Waals surface area contributed by atoms with Crippen LogP contribution in [0.1, 0.15) is 0 Å². The highest BCUT2D eigenvalue weighted by atomic mass is 31.0. The van der Waals surface area contributed by atoms with E-state index in [2.05, 4.69) is 19.5 Å². The van der Waals surface area contributed by atoms with E-state index in [4.69, 9.17) is 14.5 Å². The lowest BCUT2D eigenvalue weighted by Crippen LogP contribution is -2.36. The van der Waals surface area contributed by atoms with Crippen molar-refractivity contribution in [1.29, 1.82) is 0 Å². The number of aromatic amines is 1. The molecule has 0 aliphatic carbocycles. The fourth-order valence-corrected chi connectivity index (χ4v) is 4.40. The molecular formula is C25H24FN4O3P. The molecule has 2 aromatic carbocycles. The summed E-state index contributed by atoms with van der Waals surface area (Å²) in [5, 5.41) is 5.21. The van der Waals surface area contributed by atoms with Crippen LogP contribution in [-0.2, 0) is 4.74 Å². The zero-order valence-corrected chi connectivity index (χ0v) is 19.8. The van der Waals surface area contributed by atoms with Gasteiger partial charge in [0.2, 0.25) is 0 Å². The first-order valence-electron chi connectivity index (χ1n) is 10.9. The van der Waals surface area contributed by atoms with Crippen LogP contribution >= 0.6 is 9.24 Å². The van der Waals surface area contributed by atoms with Crippen molar-refractivity contribution in [3.8, 4) is 17.0 Å². The van der Waals surface area contributed by atoms with Crippen LogP contribution in [0.3, 0.4) is 0 Å². The second-order valence-electron chi connectivity index (χ2n) is 7.97. The number of nitrogens with one attached hydrogen (secondary N) is 2. The quantitative estimate of drug-likeness (QED) is 0.425. The molecule has 0 saturated carbocycles. The molecule has 0 spiro atoms. The minimum absolute atomic E-state index is 0.276. The lowest BCUT2D eigenvalue weighted by atomic mass is 10.1. The van der Waals surface area contributed by atoms with Gasteiger partial charge in [0.15, 0.2) is 0 Å². The fraction of sp³-hybridized carbons (Fsp3) is 0.200. The summed E-state index contributed by atoms with van der Waals surface area (Å²) >= 11 is 0. The minimum atomic E-state index is -0.345. The lowest BCUT2D eigenvalue weighted by molar-refractivity contribution is 0.122. The van der Waals surface area contributed by atoms with Crippen LogP contribution in [0.25, 0.3) is 22.0 Å². The molecule has 1 atom stereocenters. The molecule has 3 heterocycles. The Morgan fingerprint density at radius 3 is 2.74 bits per heavy atom. The molecule has 0 amide bonds. The minimum Gasteiger partial charge on any atom is -0.496 e. The Bertz CT molecular complexity index is 1420. The SMILES string of the molecule is COc1cc(-c2cc3cc[nH]c(=O)c3c(Nc3ccc(N4CCOCC4)c(F)c3)n2)ccc1P. The van der Waals surface area contributed by atoms with Gasteiger partial charge in [-0.2, -0.15) is 0 Å². The van der Waals surface area contributed by atoms with Gasteiger partial charge in [-0.3, -0.25) is 4.79 Å². The second kappa shape index (κ2) is 9.41. The number of H-pyrrole nitrogens is 1. The molecule has 0 radical (unpaired) electrons. The van der Waals surface area contributed by atoms with Gasteiger partial charge in [0.05, 0.1) is 37.1 Å². The molecular weight excluding hydrogens is 454 g/mol. The molecule has 0 bridgehead atoms. The number of halogens is 1. The van der Waals surface area contributed by atoms with Gasteiger partial charge in [-0.25, -0.2) is 9.37 Å². The lowest BCUT2D eigenvalue weighted by Gasteiger charge is -2.29. The monoisotopic (exact) mass is 478 g/mol. The van der Waals surface area contributed by atoms with Crippen LogP contribution in [0.4, 0.5) is 21.6 Å². The Hall–Kier alpha value is -3.48. The van der Waals surface area contributed by atoms with Gasteiger partial charge in [-0.1, -0.05) is 12.1 Å². The largest absolute Gasteiger partial charge is 0.496 e. The van der Waals surface area contributed by atoms with Crippen LogP contribution in [0.15, 0.2) is 59.5 Å². The van der Waals surface area contributed by atoms with Gasteiger partial charge < -0.3 is 24.7 Å². The smallest absolute Gasteiger partial charge is 0.259 e. The third kappa shape index (κ3) is 4.34. The molecule has 34 heavy (non-hydrogen) atoms. The first-order valence-corrected chi connectivity index (χ1v) is 11.5. The van der Waals surface area contributed by atoms with Gasteiger partial charge in [0.25, 0.3) is 5.56 Å². The summed E-state index contributed by atoms with van der Waals surface area (Å²) in [6.45, 7) is 2.44. The molecule has 2 N–H and O–H groups in total. The fourth-order valence-electron chi connectivity index (χ4n) is 4.11. The van der Waals surface area contributed by atoms with Gasteiger partial charge in [0, 0.05) is 35.8 Å². The topological polar surface area (TPSA) is 79.5 Å². The average Bonchev–Trinajstić information content (AvgIpc) is 2.85. The number of rotatable bonds is 5. The average molecular weight is 478 g/mol. The van der Waals surface area contributed by atoms with E-state index in [9.17, 15) is 9.18 Å². The first-order chi connectivity index (χ1) is 16.5. The van der Waals surface area contributed by atoms with Crippen molar-refractivity contribution in [1.82, 2.24) is 9.97 Å². The number of hydrogen-bond acceptors (Lipinski definition) is 6. The predicted octanol–water partition coefficient (Wildman–Crippen LogP) is 3.82. The summed E-state index contributed by atoms with van der Waals surface area (Å²) in [5.74, 6) is 0.717. The van der Waals surface area contributed by atoms with Gasteiger partial charge in [0.1, 0.15) is 17.4 Å². The molecule has 1 aliphatic rings. The zero-order valence-electron chi connectivity index (χ0n) is 18.6. The van der Waals surface area contributed by atoms with E-state index in [1.807, 2.05) is 35.2 Å². The van der Waals surface area contributed by atoms with Crippen molar-refractivity contribution < 1.29 is 13.9 Å². The van der Waals surface area contributed by atoms with Crippen LogP contribution in [-0.4, -0.2) is 43.4 Å². The number of ether oxygens (including phenoxy) is 2. The van der Waals surface area contributed by atoms with Crippen LogP contribution in [0, 0.1) is 5.82 Å². The van der Waals surface area contributed by atoms with Crippen molar-refractivity contribution in [2.45, 2.75) is 0 Å². The van der Waals surface area contributed by atoms with E-state index >= 15 is 0 Å². The van der Waals surface area contributed by atoms with Gasteiger partial charge in [-0.05, 0) is 41.8 Å². The molecule has 174 valence electrons. The van der Waals surface area contributed by atoms with E-state index in [1.165, 1.54) is 6.07 Å². The molecule has 2 aromatic heterocycles. The molecule has 4 aromatic rings. The Morgan fingerprint density at radius 2 is 1.97 bits per heavy atom. The Balaban J connectivity index is 1.56. The summed E-state index contributed by atoms with van der Waals surface area (Å²) in [5.41, 5.74) is 2.25. The van der Waals surface area contributed by atoms with E-state index in [1.54, 1.807) is 25.4 Å². The maximum Gasteiger partial charge on any atom is 0.259 e. The van der Waals surface area contributed by atoms with E-state index in [-0.39, 0.29) is 11.4 Å². The number of pyridine rings is 2. The summed E-state index contributed by atoms with van der Waals surface area (Å²) in [6, 6.07) is 14.4. The number of hydrogen-bond donors (Lipinski definition) is 2. The highest BCUT2D eigenvalue weighted by Gasteiger charge is 2.17. The number of benzene rings is 2. The maximum atomic E-state index is 15.0. The third-order valence-electron chi connectivity index (χ3n) is 5.85. The number of morpholine rings is 1. The predicted molar refractivity (Wildman–Crippen MR) is 136 cm³/mol. The first kappa shape index (κ1) is 22.3. The molecule has 1 unspecified atom stereocenters. The Kier molecular flexibility index (Phi) is 6.18. The van der Waals surface area contributed by atoms with E-state index in [0.29, 0.717) is 60.3 Å². The van der Waals surface area contributed by atoms with Crippen LogP contribution in [0.5, 0.6) is 5.75 Å². The maximum absolute atomic E-state index is 15.0. The molecule has 1 fully saturated rings. The van der Waals surface area contributed by atoms with E-state index in [0.717, 1.165) is 16.3 Å². The van der Waals surface area contributed by atoms with Crippen molar-refractivity contribution >= 4 is 42.5 Å². The third-order valence-corrected chi connectivity index (χ3v) is 6.32. The molecule has 1 saturated heterocycles. The van der Waals surface area contributed by atoms with Gasteiger partial charge >= 0.3 is 0 Å². The Morgan fingerprint density at radius 1 is 1.15 bits per heavy atom. The summed E-state index contributed by atoms with van der Waals surface area (Å²) in [7, 11) is 4.25. The zero-order chi connectivity index (χ0) is 23.7. The van der Waals surface area contributed by atoms with Crippen molar-refractivity contribution in [2.24, 2.45) is 0 Å². The summed E-state index contributed by atoms with van der Waals surface area (Å²) < 4.78 is 25.8. The normalized spacial score (nSPS) is 13.8. The van der Waals surface area contributed by atoms with E-state index < -0.39 is 0 Å². The highest BCUT2D eigenvalue weighted by molar-refractivity contribution is 7.27. The number of methoxy groups -OCH3 is 1. The molecule has 7 nitrogen and oxygen atoms in total. The van der Waals surface area contributed by atoms with Crippen molar-refractivity contribution in [3.63, 3.8) is 0 Å². The summed E-state index contributed by atoms with van der Waals surface area (Å²) in [6.07, 6.45) is 1.60. The molecule has 1 aliphatic heterocycles. The van der Waals surface area contributed by atoms with Crippen LogP contribution < -0.4 is 25.8 Å². The summed E-state index contributed by atoms with van der Waals surface area (Å²) in [4.78, 5) is 22.1. The highest BCUT2D eigenvalue weighted by Crippen LogP contribution is 2.31. The second-order valence-corrected chi connectivity index (χ2v) is 8.60. The number of fused-ring (bicyclic) bond motifs is 1. The van der Waals surface area contributed by atoms with Crippen molar-refractivity contribution in [2.75, 3.05) is 43.6 Å². The number of nitrogens with zero attached hydrogens (tertiary/aromatic N) is 2. The van der Waals surface area contributed by atoms with Crippen LogP contribution in [0.2, 0.25) is 0 Å². The number of anilines is 3. The standard InChI is InChI=1S/C25H24FN4O3P/c1-32-21-13-15(2-5-22(21)34)19-12-16-6-7-27-25(31)23(16)24(29-19)28-17-3-4-20(18(26)14-17)30-8-10-33-11-9-30/h2-7,12-14H,8-11,34H2,1H3,(H,27,31)(H,28,29). The van der Waals surface area contributed by atoms with Gasteiger partial charge in [-0.15, -0.1) is 9.24 Å².